The van der Waals surface area contributed by atoms with E-state index < -0.39 is 35.4 Å². The van der Waals surface area contributed by atoms with Gasteiger partial charge in [0.15, 0.2) is 0 Å². The molecule has 1 unspecified atom stereocenters. The number of nitrogens with zero attached hydrogens (tertiary/aromatic N) is 1. The van der Waals surface area contributed by atoms with E-state index in [1.54, 1.807) is 16.6 Å². The van der Waals surface area contributed by atoms with E-state index in [9.17, 15) is 14.7 Å². The van der Waals surface area contributed by atoms with Gasteiger partial charge in [-0.25, -0.2) is 0 Å². The Morgan fingerprint density at radius 1 is 1.03 bits per heavy atom. The van der Waals surface area contributed by atoms with Crippen LogP contribution >= 0.6 is 24.0 Å². The van der Waals surface area contributed by atoms with Crippen molar-refractivity contribution in [3.8, 4) is 11.3 Å². The second-order valence-electron chi connectivity index (χ2n) is 10.4. The van der Waals surface area contributed by atoms with Crippen LogP contribution in [0, 0.1) is 0 Å². The first kappa shape index (κ1) is 31.1. The number of rotatable bonds is 15. The Bertz CT molecular complexity index is 1150. The number of hydrogen-bond acceptors (Lipinski definition) is 6. The SMILES string of the molecule is CCC[CH2][Sn]([CH2]CCC)([CH2]CCC)[c]1cccc(-c2ccc(C=C3SC(=S)[N+](CC)(CC(=O)[O-])C3=O)o2)c1. The van der Waals surface area contributed by atoms with Gasteiger partial charge in [0, 0.05) is 0 Å². The number of carbonyl (C=O) groups is 2. The number of benzene rings is 1. The third-order valence-corrected chi connectivity index (χ3v) is 25.0. The van der Waals surface area contributed by atoms with E-state index in [2.05, 4.69) is 45.0 Å². The number of quaternary nitrogens is 1. The van der Waals surface area contributed by atoms with Crippen LogP contribution in [0.15, 0.2) is 45.7 Å². The van der Waals surface area contributed by atoms with Crippen molar-refractivity contribution in [3.05, 3.63) is 47.1 Å². The molecule has 1 aromatic carbocycles. The van der Waals surface area contributed by atoms with Crippen LogP contribution in [-0.4, -0.2) is 52.1 Å². The number of thioether (sulfide) groups is 1. The van der Waals surface area contributed by atoms with Crippen LogP contribution < -0.4 is 8.69 Å². The van der Waals surface area contributed by atoms with Gasteiger partial charge in [-0.1, -0.05) is 0 Å². The summed E-state index contributed by atoms with van der Waals surface area (Å²) in [5.41, 5.74) is 1.08. The minimum atomic E-state index is -2.58. The van der Waals surface area contributed by atoms with Crippen molar-refractivity contribution in [3.63, 3.8) is 0 Å². The number of unbranched alkanes of at least 4 members (excludes halogenated alkanes) is 3. The molecule has 0 aliphatic carbocycles. The monoisotopic (exact) mass is 663 g/mol. The van der Waals surface area contributed by atoms with Gasteiger partial charge in [0.05, 0.1) is 0 Å². The molecule has 1 atom stereocenters. The molecular weight excluding hydrogens is 621 g/mol. The fraction of sp³-hybridized carbons (Fsp3) is 0.500. The van der Waals surface area contributed by atoms with Crippen molar-refractivity contribution in [1.29, 1.82) is 0 Å². The van der Waals surface area contributed by atoms with Crippen LogP contribution in [0.5, 0.6) is 0 Å². The third kappa shape index (κ3) is 7.01. The van der Waals surface area contributed by atoms with Gasteiger partial charge in [-0.05, 0) is 0 Å². The molecule has 1 aliphatic rings. The van der Waals surface area contributed by atoms with Gasteiger partial charge in [-0.2, -0.15) is 0 Å². The quantitative estimate of drug-likeness (QED) is 0.0941. The first-order valence-electron chi connectivity index (χ1n) is 14.0. The van der Waals surface area contributed by atoms with Gasteiger partial charge in [0.25, 0.3) is 0 Å². The van der Waals surface area contributed by atoms with Crippen molar-refractivity contribution >= 4 is 68.2 Å². The number of hydrogen-bond donors (Lipinski definition) is 0. The summed E-state index contributed by atoms with van der Waals surface area (Å²) in [5, 5.41) is 11.3. The fourth-order valence-electron chi connectivity index (χ4n) is 5.42. The van der Waals surface area contributed by atoms with Crippen LogP contribution in [0.25, 0.3) is 17.4 Å². The standard InChI is InChI=1S/C18H14NO4S2.3C4H9.Sn/c1-2-19(11-16(20)21)17(22)15(25-18(19)24)10-13-8-9-14(23-13)12-6-4-3-5-7-12;3*1-3-4-2;/h3-4,6-10H,2,11H2,1H3;3*1,3-4H2,2H3;. The molecule has 3 rings (SSSR count). The van der Waals surface area contributed by atoms with Gasteiger partial charge in [-0.3, -0.25) is 0 Å². The number of carboxylic acids is 1. The van der Waals surface area contributed by atoms with Crippen molar-refractivity contribution < 1.29 is 23.6 Å². The molecule has 1 amide bonds. The van der Waals surface area contributed by atoms with Crippen molar-refractivity contribution in [1.82, 2.24) is 0 Å². The number of carboxylic acid groups (broad SMARTS) is 1. The predicted molar refractivity (Wildman–Crippen MR) is 163 cm³/mol. The molecule has 0 N–H and O–H groups in total. The van der Waals surface area contributed by atoms with E-state index in [-0.39, 0.29) is 12.5 Å². The Hall–Kier alpha value is -1.42. The second-order valence-corrected chi connectivity index (χ2v) is 25.3. The molecule has 5 nitrogen and oxygen atoms in total. The summed E-state index contributed by atoms with van der Waals surface area (Å²) in [5.74, 6) is -0.258. The Morgan fingerprint density at radius 2 is 1.66 bits per heavy atom. The van der Waals surface area contributed by atoms with E-state index in [1.165, 1.54) is 51.8 Å². The molecule has 38 heavy (non-hydrogen) atoms. The number of likely N-dealkylation sites (N-methyl/N-ethyl adjacent to an activating group) is 1. The Morgan fingerprint density at radius 3 is 2.21 bits per heavy atom. The summed E-state index contributed by atoms with van der Waals surface area (Å²) >= 11 is 3.99. The minimum absolute atomic E-state index is 0.272. The molecule has 1 fully saturated rings. The number of thiocarbonyl (C=S) groups is 1. The predicted octanol–water partition coefficient (Wildman–Crippen LogP) is 6.49. The van der Waals surface area contributed by atoms with Gasteiger partial charge in [0.2, 0.25) is 0 Å². The van der Waals surface area contributed by atoms with Gasteiger partial charge in [0.1, 0.15) is 0 Å². The molecule has 0 spiro atoms. The number of carbonyl (C=O) groups excluding carboxylic acids is 2. The first-order valence-corrected chi connectivity index (χ1v) is 22.7. The van der Waals surface area contributed by atoms with Crippen molar-refractivity contribution in [2.24, 2.45) is 0 Å². The van der Waals surface area contributed by atoms with Crippen molar-refractivity contribution in [2.75, 3.05) is 13.1 Å². The van der Waals surface area contributed by atoms with Crippen molar-refractivity contribution in [2.45, 2.75) is 79.5 Å². The molecule has 1 aliphatic heterocycles. The summed E-state index contributed by atoms with van der Waals surface area (Å²) in [6, 6.07) is 12.9. The molecule has 0 bridgehead atoms. The Kier molecular flexibility index (Phi) is 11.7. The Labute approximate surface area is 241 Å². The molecule has 206 valence electrons. The molecular formula is C30H41NO4S2Sn. The van der Waals surface area contributed by atoms with Crippen LogP contribution in [0.4, 0.5) is 0 Å². The summed E-state index contributed by atoms with van der Waals surface area (Å²) < 4.78 is 12.0. The van der Waals surface area contributed by atoms with Gasteiger partial charge >= 0.3 is 233 Å². The summed E-state index contributed by atoms with van der Waals surface area (Å²) in [7, 11) is 0. The number of furan rings is 1. The summed E-state index contributed by atoms with van der Waals surface area (Å²) in [4.78, 5) is 24.9. The average molecular weight is 663 g/mol. The van der Waals surface area contributed by atoms with Gasteiger partial charge in [-0.15, -0.1) is 0 Å². The van der Waals surface area contributed by atoms with Crippen LogP contribution in [0.3, 0.4) is 0 Å². The number of amides is 1. The molecule has 8 heteroatoms. The molecule has 1 saturated heterocycles. The van der Waals surface area contributed by atoms with Crippen LogP contribution in [-0.2, 0) is 9.59 Å². The molecule has 0 saturated carbocycles. The summed E-state index contributed by atoms with van der Waals surface area (Å²) in [6.07, 6.45) is 9.36. The molecule has 2 aromatic rings. The maximum atomic E-state index is 13.2. The summed E-state index contributed by atoms with van der Waals surface area (Å²) in [6.45, 7) is 8.49. The van der Waals surface area contributed by atoms with E-state index in [0.29, 0.717) is 15.0 Å². The maximum absolute atomic E-state index is 13.2. The van der Waals surface area contributed by atoms with E-state index >= 15 is 0 Å². The normalized spacial score (nSPS) is 19.0. The number of aliphatic carboxylic acids is 1. The zero-order chi connectivity index (χ0) is 27.8. The molecule has 0 radical (unpaired) electrons. The van der Waals surface area contributed by atoms with Crippen LogP contribution in [0.2, 0.25) is 13.3 Å². The topological polar surface area (TPSA) is 70.3 Å². The first-order chi connectivity index (χ1) is 18.2. The average Bonchev–Trinajstić information content (AvgIpc) is 3.47. The van der Waals surface area contributed by atoms with Gasteiger partial charge < -0.3 is 9.90 Å². The zero-order valence-electron chi connectivity index (χ0n) is 23.2. The second kappa shape index (κ2) is 14.3. The third-order valence-electron chi connectivity index (χ3n) is 7.77. The van der Waals surface area contributed by atoms with Crippen LogP contribution in [0.1, 0.15) is 72.0 Å². The Balaban J connectivity index is 1.92. The molecule has 1 aromatic heterocycles. The molecule has 2 heterocycles. The van der Waals surface area contributed by atoms with E-state index in [1.807, 2.05) is 12.1 Å². The van der Waals surface area contributed by atoms with E-state index in [4.69, 9.17) is 16.6 Å². The fourth-order valence-corrected chi connectivity index (χ4v) is 23.1. The van der Waals surface area contributed by atoms with E-state index in [0.717, 1.165) is 23.1 Å². The zero-order valence-corrected chi connectivity index (χ0v) is 27.7.